The van der Waals surface area contributed by atoms with Gasteiger partial charge in [-0.2, -0.15) is 0 Å². The van der Waals surface area contributed by atoms with Crippen molar-refractivity contribution in [2.45, 2.75) is 65.2 Å². The molecular formula is C28H30N2O6S3. The largest absolute Gasteiger partial charge is 0.462 e. The maximum absolute atomic E-state index is 13.2. The number of esters is 2. The Bertz CT molecular complexity index is 1330. The third kappa shape index (κ3) is 5.66. The van der Waals surface area contributed by atoms with Crippen molar-refractivity contribution < 1.29 is 28.7 Å². The molecule has 2 N–H and O–H groups in total. The Morgan fingerprint density at radius 1 is 0.667 bits per heavy atom. The molecule has 0 fully saturated rings. The second-order valence-electron chi connectivity index (χ2n) is 9.34. The first-order chi connectivity index (χ1) is 18.9. The number of hydrogen-bond acceptors (Lipinski definition) is 9. The summed E-state index contributed by atoms with van der Waals surface area (Å²) in [5, 5.41) is 6.78. The highest BCUT2D eigenvalue weighted by atomic mass is 32.1. The van der Waals surface area contributed by atoms with Crippen molar-refractivity contribution in [2.75, 3.05) is 23.8 Å². The first-order valence-corrected chi connectivity index (χ1v) is 15.7. The van der Waals surface area contributed by atoms with Gasteiger partial charge in [-0.3, -0.25) is 9.59 Å². The van der Waals surface area contributed by atoms with E-state index < -0.39 is 11.9 Å². The summed E-state index contributed by atoms with van der Waals surface area (Å²) < 4.78 is 10.6. The summed E-state index contributed by atoms with van der Waals surface area (Å²) in [6.07, 6.45) is 7.45. The lowest BCUT2D eigenvalue weighted by Crippen LogP contribution is -2.15. The molecule has 3 aromatic heterocycles. The molecule has 2 aliphatic rings. The number of carbonyl (C=O) groups is 4. The molecule has 2 amide bonds. The van der Waals surface area contributed by atoms with Crippen LogP contribution in [0.4, 0.5) is 10.0 Å². The summed E-state index contributed by atoms with van der Waals surface area (Å²) in [5.74, 6) is -1.62. The van der Waals surface area contributed by atoms with Crippen molar-refractivity contribution >= 4 is 67.8 Å². The van der Waals surface area contributed by atoms with Crippen LogP contribution in [0.15, 0.2) is 12.1 Å². The van der Waals surface area contributed by atoms with E-state index in [0.29, 0.717) is 30.9 Å². The van der Waals surface area contributed by atoms with Crippen LogP contribution in [0.25, 0.3) is 0 Å². The van der Waals surface area contributed by atoms with Crippen LogP contribution >= 0.6 is 34.0 Å². The summed E-state index contributed by atoms with van der Waals surface area (Å²) in [7, 11) is 0. The van der Waals surface area contributed by atoms with Crippen LogP contribution in [0.1, 0.15) is 100 Å². The molecule has 3 aromatic rings. The van der Waals surface area contributed by atoms with Gasteiger partial charge in [-0.25, -0.2) is 9.59 Å². The van der Waals surface area contributed by atoms with Gasteiger partial charge >= 0.3 is 11.9 Å². The Morgan fingerprint density at radius 3 is 1.49 bits per heavy atom. The van der Waals surface area contributed by atoms with E-state index in [-0.39, 0.29) is 25.0 Å². The van der Waals surface area contributed by atoms with Gasteiger partial charge in [0.15, 0.2) is 0 Å². The smallest absolute Gasteiger partial charge is 0.341 e. The molecule has 0 radical (unpaired) electrons. The molecule has 8 nitrogen and oxygen atoms in total. The molecule has 0 bridgehead atoms. The van der Waals surface area contributed by atoms with Gasteiger partial charge in [-0.1, -0.05) is 0 Å². The second-order valence-corrected chi connectivity index (χ2v) is 12.6. The fourth-order valence-corrected chi connectivity index (χ4v) is 8.40. The number of carbonyl (C=O) groups excluding carboxylic acids is 4. The number of anilines is 2. The van der Waals surface area contributed by atoms with E-state index in [1.54, 1.807) is 26.0 Å². The van der Waals surface area contributed by atoms with Crippen LogP contribution in [0.2, 0.25) is 0 Å². The summed E-state index contributed by atoms with van der Waals surface area (Å²) in [5.41, 5.74) is 2.85. The molecular weight excluding hydrogens is 557 g/mol. The SMILES string of the molecule is CCOC(=O)c1c(NC(=O)c2ccc(C(=O)Nc3sc4c(c3C(=O)OCC)CCCC4)s2)sc2c1CCCC2. The number of amides is 2. The van der Waals surface area contributed by atoms with E-state index in [2.05, 4.69) is 10.6 Å². The Balaban J connectivity index is 1.34. The van der Waals surface area contributed by atoms with Crippen LogP contribution in [0.5, 0.6) is 0 Å². The van der Waals surface area contributed by atoms with Crippen molar-refractivity contribution in [3.05, 3.63) is 53.9 Å². The lowest BCUT2D eigenvalue weighted by molar-refractivity contribution is 0.0516. The Hall–Kier alpha value is -3.02. The number of ether oxygens (including phenoxy) is 2. The third-order valence-electron chi connectivity index (χ3n) is 6.81. The van der Waals surface area contributed by atoms with Gasteiger partial charge < -0.3 is 20.1 Å². The molecule has 0 aliphatic heterocycles. The van der Waals surface area contributed by atoms with Gasteiger partial charge in [0.2, 0.25) is 0 Å². The van der Waals surface area contributed by atoms with Gasteiger partial charge in [0.05, 0.1) is 34.1 Å². The van der Waals surface area contributed by atoms with Crippen molar-refractivity contribution in [3.63, 3.8) is 0 Å². The Labute approximate surface area is 238 Å². The van der Waals surface area contributed by atoms with E-state index in [9.17, 15) is 19.2 Å². The zero-order valence-electron chi connectivity index (χ0n) is 21.9. The summed E-state index contributed by atoms with van der Waals surface area (Å²) in [6.45, 7) is 4.03. The molecule has 3 heterocycles. The maximum atomic E-state index is 13.2. The lowest BCUT2D eigenvalue weighted by Gasteiger charge is -2.12. The summed E-state index contributed by atoms with van der Waals surface area (Å²) >= 11 is 3.91. The summed E-state index contributed by atoms with van der Waals surface area (Å²) in [6, 6.07) is 3.19. The molecule has 5 rings (SSSR count). The number of nitrogens with one attached hydrogen (secondary N) is 2. The molecule has 206 valence electrons. The minimum atomic E-state index is -0.422. The van der Waals surface area contributed by atoms with E-state index in [1.807, 2.05) is 0 Å². The van der Waals surface area contributed by atoms with Gasteiger partial charge in [0.1, 0.15) is 10.0 Å². The van der Waals surface area contributed by atoms with Crippen LogP contribution in [0, 0.1) is 0 Å². The normalized spacial score (nSPS) is 14.2. The molecule has 2 aliphatic carbocycles. The number of hydrogen-bond donors (Lipinski definition) is 2. The Morgan fingerprint density at radius 2 is 1.08 bits per heavy atom. The molecule has 0 spiro atoms. The highest BCUT2D eigenvalue weighted by Gasteiger charge is 2.29. The minimum Gasteiger partial charge on any atom is -0.462 e. The number of rotatable bonds is 8. The van der Waals surface area contributed by atoms with Crippen molar-refractivity contribution in [3.8, 4) is 0 Å². The molecule has 0 unspecified atom stereocenters. The second kappa shape index (κ2) is 12.0. The first-order valence-electron chi connectivity index (χ1n) is 13.3. The molecule has 0 saturated heterocycles. The topological polar surface area (TPSA) is 111 Å². The van der Waals surface area contributed by atoms with Crippen molar-refractivity contribution in [2.24, 2.45) is 0 Å². The van der Waals surface area contributed by atoms with Gasteiger partial charge in [-0.15, -0.1) is 34.0 Å². The zero-order valence-corrected chi connectivity index (χ0v) is 24.3. The minimum absolute atomic E-state index is 0.255. The van der Waals surface area contributed by atoms with E-state index in [0.717, 1.165) is 83.6 Å². The van der Waals surface area contributed by atoms with Gasteiger partial charge in [-0.05, 0) is 88.5 Å². The highest BCUT2D eigenvalue weighted by molar-refractivity contribution is 7.18. The fraction of sp³-hybridized carbons (Fsp3) is 0.429. The van der Waals surface area contributed by atoms with Crippen LogP contribution in [0.3, 0.4) is 0 Å². The average Bonchev–Trinajstić information content (AvgIpc) is 3.64. The molecule has 39 heavy (non-hydrogen) atoms. The lowest BCUT2D eigenvalue weighted by atomic mass is 9.95. The van der Waals surface area contributed by atoms with Crippen LogP contribution in [-0.4, -0.2) is 37.0 Å². The fourth-order valence-electron chi connectivity index (χ4n) is 5.06. The highest BCUT2D eigenvalue weighted by Crippen LogP contribution is 2.40. The van der Waals surface area contributed by atoms with Gasteiger partial charge in [0, 0.05) is 9.75 Å². The van der Waals surface area contributed by atoms with Crippen molar-refractivity contribution in [1.82, 2.24) is 0 Å². The standard InChI is InChI=1S/C28H30N2O6S3/c1-3-35-27(33)21-15-9-5-7-11-17(15)38-25(21)29-23(31)19-13-14-20(37-19)24(32)30-26-22(28(34)36-4-2)16-10-6-8-12-18(16)39-26/h13-14H,3-12H2,1-2H3,(H,29,31)(H,30,32). The Kier molecular flexibility index (Phi) is 8.49. The van der Waals surface area contributed by atoms with E-state index >= 15 is 0 Å². The molecule has 11 heteroatoms. The molecule has 0 aromatic carbocycles. The summed E-state index contributed by atoms with van der Waals surface area (Å²) in [4.78, 5) is 54.7. The predicted octanol–water partition coefficient (Wildman–Crippen LogP) is 6.49. The molecule has 0 saturated carbocycles. The number of aryl methyl sites for hydroxylation is 2. The monoisotopic (exact) mass is 586 g/mol. The zero-order chi connectivity index (χ0) is 27.5. The molecule has 0 atom stereocenters. The number of thiophene rings is 3. The van der Waals surface area contributed by atoms with Crippen molar-refractivity contribution in [1.29, 1.82) is 0 Å². The average molecular weight is 587 g/mol. The van der Waals surface area contributed by atoms with Crippen LogP contribution in [-0.2, 0) is 35.2 Å². The van der Waals surface area contributed by atoms with E-state index in [1.165, 1.54) is 22.7 Å². The van der Waals surface area contributed by atoms with Crippen LogP contribution < -0.4 is 10.6 Å². The van der Waals surface area contributed by atoms with Gasteiger partial charge in [0.25, 0.3) is 11.8 Å². The van der Waals surface area contributed by atoms with E-state index in [4.69, 9.17) is 9.47 Å². The quantitative estimate of drug-likeness (QED) is 0.292. The number of fused-ring (bicyclic) bond motifs is 2. The maximum Gasteiger partial charge on any atom is 0.341 e. The predicted molar refractivity (Wildman–Crippen MR) is 154 cm³/mol. The first kappa shape index (κ1) is 27.5. The third-order valence-corrected chi connectivity index (χ3v) is 10.3.